The minimum Gasteiger partial charge on any atom is -0.488 e. The highest BCUT2D eigenvalue weighted by molar-refractivity contribution is 7.16. The van der Waals surface area contributed by atoms with Gasteiger partial charge in [0.1, 0.15) is 29.0 Å². The van der Waals surface area contributed by atoms with E-state index in [0.717, 1.165) is 16.0 Å². The topological polar surface area (TPSA) is 88.4 Å². The van der Waals surface area contributed by atoms with Crippen LogP contribution in [-0.4, -0.2) is 18.5 Å². The normalized spacial score (nSPS) is 11.0. The fraction of sp³-hybridized carbons (Fsp3) is 0.192. The molecule has 2 aromatic carbocycles. The lowest BCUT2D eigenvalue weighted by atomic mass is 10.1. The number of hydrogen-bond donors (Lipinski definition) is 1. The number of halogens is 1. The second-order valence-electron chi connectivity index (χ2n) is 7.25. The number of esters is 1. The van der Waals surface area contributed by atoms with Gasteiger partial charge < -0.3 is 14.8 Å². The van der Waals surface area contributed by atoms with Crippen molar-refractivity contribution < 1.29 is 19.1 Å². The molecule has 0 aliphatic heterocycles. The maximum Gasteiger partial charge on any atom is 0.341 e. The number of rotatable bonds is 8. The van der Waals surface area contributed by atoms with Crippen LogP contribution in [0.1, 0.15) is 38.8 Å². The van der Waals surface area contributed by atoms with Crippen LogP contribution in [0.25, 0.3) is 6.08 Å². The minimum atomic E-state index is -0.629. The Kier molecular flexibility index (Phi) is 8.47. The largest absolute Gasteiger partial charge is 0.488 e. The van der Waals surface area contributed by atoms with Gasteiger partial charge in [0.2, 0.25) is 0 Å². The summed E-state index contributed by atoms with van der Waals surface area (Å²) in [7, 11) is 0. The summed E-state index contributed by atoms with van der Waals surface area (Å²) in [6.45, 7) is 5.81. The molecule has 8 heteroatoms. The molecule has 1 N–H and O–H groups in total. The third-order valence-electron chi connectivity index (χ3n) is 5.02. The van der Waals surface area contributed by atoms with Crippen LogP contribution in [0.5, 0.6) is 5.75 Å². The molecule has 0 bridgehead atoms. The summed E-state index contributed by atoms with van der Waals surface area (Å²) in [5.74, 6) is -0.645. The van der Waals surface area contributed by atoms with E-state index < -0.39 is 11.9 Å². The third-order valence-corrected chi connectivity index (χ3v) is 6.51. The Morgan fingerprint density at radius 1 is 1.15 bits per heavy atom. The molecule has 1 heterocycles. The van der Waals surface area contributed by atoms with Crippen LogP contribution in [0.4, 0.5) is 5.00 Å². The number of benzene rings is 2. The van der Waals surface area contributed by atoms with Crippen LogP contribution in [-0.2, 0) is 16.1 Å². The van der Waals surface area contributed by atoms with E-state index in [1.807, 2.05) is 31.2 Å². The Morgan fingerprint density at radius 3 is 2.56 bits per heavy atom. The van der Waals surface area contributed by atoms with Gasteiger partial charge in [-0.15, -0.1) is 11.3 Å². The molecule has 1 aromatic heterocycles. The quantitative estimate of drug-likeness (QED) is 0.225. The highest BCUT2D eigenvalue weighted by Crippen LogP contribution is 2.33. The molecule has 0 aliphatic carbocycles. The molecular formula is C26H23ClN2O4S. The smallest absolute Gasteiger partial charge is 0.341 e. The molecule has 1 amide bonds. The molecule has 3 rings (SSSR count). The Hall–Kier alpha value is -3.60. The summed E-state index contributed by atoms with van der Waals surface area (Å²) in [5, 5.41) is 13.3. The van der Waals surface area contributed by atoms with Crippen LogP contribution in [0.2, 0.25) is 5.02 Å². The highest BCUT2D eigenvalue weighted by atomic mass is 35.5. The zero-order valence-electron chi connectivity index (χ0n) is 19.0. The zero-order valence-corrected chi connectivity index (χ0v) is 20.5. The average Bonchev–Trinajstić information content (AvgIpc) is 3.10. The number of ether oxygens (including phenoxy) is 2. The number of carbonyl (C=O) groups is 2. The lowest BCUT2D eigenvalue weighted by Gasteiger charge is -2.11. The summed E-state index contributed by atoms with van der Waals surface area (Å²) >= 11 is 7.46. The van der Waals surface area contributed by atoms with Gasteiger partial charge in [0.15, 0.2) is 0 Å². The van der Waals surface area contributed by atoms with Crippen molar-refractivity contribution in [2.75, 3.05) is 11.9 Å². The first kappa shape index (κ1) is 25.0. The molecular weight excluding hydrogens is 472 g/mol. The van der Waals surface area contributed by atoms with Crippen LogP contribution in [0, 0.1) is 25.2 Å². The van der Waals surface area contributed by atoms with E-state index in [0.29, 0.717) is 26.9 Å². The Balaban J connectivity index is 1.85. The highest BCUT2D eigenvalue weighted by Gasteiger charge is 2.23. The summed E-state index contributed by atoms with van der Waals surface area (Å²) in [6, 6.07) is 16.4. The molecule has 6 nitrogen and oxygen atoms in total. The molecule has 174 valence electrons. The lowest BCUT2D eigenvalue weighted by molar-refractivity contribution is -0.112. The Morgan fingerprint density at radius 2 is 1.85 bits per heavy atom. The molecule has 0 spiro atoms. The molecule has 0 fully saturated rings. The van der Waals surface area contributed by atoms with Gasteiger partial charge in [-0.3, -0.25) is 4.79 Å². The molecule has 0 saturated heterocycles. The van der Waals surface area contributed by atoms with Crippen LogP contribution >= 0.6 is 22.9 Å². The maximum absolute atomic E-state index is 12.9. The summed E-state index contributed by atoms with van der Waals surface area (Å²) in [6.07, 6.45) is 1.45. The number of aryl methyl sites for hydroxylation is 1. The number of nitrogens with zero attached hydrogens (tertiary/aromatic N) is 1. The Bertz CT molecular complexity index is 1290. The maximum atomic E-state index is 12.9. The number of nitriles is 1. The van der Waals surface area contributed by atoms with Crippen molar-refractivity contribution in [2.45, 2.75) is 27.4 Å². The van der Waals surface area contributed by atoms with Gasteiger partial charge in [0.05, 0.1) is 12.2 Å². The van der Waals surface area contributed by atoms with E-state index in [9.17, 15) is 14.9 Å². The number of amides is 1. The van der Waals surface area contributed by atoms with Crippen molar-refractivity contribution in [1.29, 1.82) is 5.26 Å². The van der Waals surface area contributed by atoms with Gasteiger partial charge in [-0.2, -0.15) is 5.26 Å². The van der Waals surface area contributed by atoms with Crippen molar-refractivity contribution in [1.82, 2.24) is 0 Å². The second-order valence-corrected chi connectivity index (χ2v) is 8.88. The first-order valence-electron chi connectivity index (χ1n) is 10.5. The van der Waals surface area contributed by atoms with Crippen LogP contribution in [0.15, 0.2) is 54.1 Å². The number of thiophene rings is 1. The van der Waals surface area contributed by atoms with Gasteiger partial charge in [-0.05, 0) is 44.5 Å². The molecule has 0 aliphatic rings. The molecule has 0 saturated carbocycles. The van der Waals surface area contributed by atoms with Gasteiger partial charge >= 0.3 is 5.97 Å². The van der Waals surface area contributed by atoms with E-state index in [1.165, 1.54) is 17.4 Å². The SMILES string of the molecule is CCOC(=O)c1c(NC(=O)/C(C#N)=C/c2ccccc2OCc2ccccc2Cl)sc(C)c1C. The monoisotopic (exact) mass is 494 g/mol. The van der Waals surface area contributed by atoms with Crippen LogP contribution < -0.4 is 10.1 Å². The molecule has 0 radical (unpaired) electrons. The average molecular weight is 495 g/mol. The van der Waals surface area contributed by atoms with Gasteiger partial charge in [0.25, 0.3) is 5.91 Å². The Labute approximate surface area is 207 Å². The van der Waals surface area contributed by atoms with Crippen LogP contribution in [0.3, 0.4) is 0 Å². The first-order chi connectivity index (χ1) is 16.3. The van der Waals surface area contributed by atoms with Crippen molar-refractivity contribution in [3.05, 3.63) is 86.3 Å². The summed E-state index contributed by atoms with van der Waals surface area (Å²) in [4.78, 5) is 26.2. The molecule has 0 atom stereocenters. The van der Waals surface area contributed by atoms with E-state index in [-0.39, 0.29) is 18.8 Å². The lowest BCUT2D eigenvalue weighted by Crippen LogP contribution is -2.16. The van der Waals surface area contributed by atoms with Gasteiger partial charge in [-0.1, -0.05) is 48.0 Å². The zero-order chi connectivity index (χ0) is 24.7. The first-order valence-corrected chi connectivity index (χ1v) is 11.7. The standard InChI is InChI=1S/C26H23ClN2O4S/c1-4-32-26(31)23-16(2)17(3)34-25(23)29-24(30)20(14-28)13-18-9-6-8-12-22(18)33-15-19-10-5-7-11-21(19)27/h5-13H,4,15H2,1-3H3,(H,29,30)/b20-13+. The molecule has 3 aromatic rings. The van der Waals surface area contributed by atoms with E-state index in [4.69, 9.17) is 21.1 Å². The fourth-order valence-corrected chi connectivity index (χ4v) is 4.37. The molecule has 34 heavy (non-hydrogen) atoms. The van der Waals surface area contributed by atoms with E-state index >= 15 is 0 Å². The predicted octanol–water partition coefficient (Wildman–Crippen LogP) is 6.32. The summed E-state index contributed by atoms with van der Waals surface area (Å²) in [5.41, 5.74) is 2.28. The number of carbonyl (C=O) groups excluding carboxylic acids is 2. The van der Waals surface area contributed by atoms with Crippen molar-refractivity contribution in [3.63, 3.8) is 0 Å². The fourth-order valence-electron chi connectivity index (χ4n) is 3.14. The van der Waals surface area contributed by atoms with Crippen molar-refractivity contribution in [2.24, 2.45) is 0 Å². The van der Waals surface area contributed by atoms with E-state index in [1.54, 1.807) is 44.2 Å². The second kappa shape index (κ2) is 11.5. The predicted molar refractivity (Wildman–Crippen MR) is 134 cm³/mol. The van der Waals surface area contributed by atoms with Gasteiger partial charge in [0, 0.05) is 21.0 Å². The minimum absolute atomic E-state index is 0.132. The third kappa shape index (κ3) is 5.84. The van der Waals surface area contributed by atoms with Crippen molar-refractivity contribution in [3.8, 4) is 11.8 Å². The number of anilines is 1. The van der Waals surface area contributed by atoms with Gasteiger partial charge in [-0.25, -0.2) is 4.79 Å². The number of nitrogens with one attached hydrogen (secondary N) is 1. The van der Waals surface area contributed by atoms with E-state index in [2.05, 4.69) is 5.32 Å². The number of para-hydroxylation sites is 1. The van der Waals surface area contributed by atoms with Crippen molar-refractivity contribution >= 4 is 45.9 Å². The summed E-state index contributed by atoms with van der Waals surface area (Å²) < 4.78 is 11.0. The molecule has 0 unspecified atom stereocenters. The number of hydrogen-bond acceptors (Lipinski definition) is 6.